The average Bonchev–Trinajstić information content (AvgIpc) is 2.35. The monoisotopic (exact) mass is 378 g/mol. The van der Waals surface area contributed by atoms with Crippen LogP contribution in [-0.4, -0.2) is 8.42 Å². The van der Waals surface area contributed by atoms with Crippen molar-refractivity contribution in [2.75, 3.05) is 0 Å². The van der Waals surface area contributed by atoms with E-state index in [0.717, 1.165) is 0 Å². The van der Waals surface area contributed by atoms with Crippen LogP contribution >= 0.6 is 26.6 Å². The highest BCUT2D eigenvalue weighted by atomic mass is 79.9. The van der Waals surface area contributed by atoms with Gasteiger partial charge in [0.25, 0.3) is 9.05 Å². The molecule has 2 aromatic rings. The zero-order valence-electron chi connectivity index (χ0n) is 10.0. The molecule has 2 rings (SSSR count). The molecule has 0 N–H and O–H groups in total. The van der Waals surface area contributed by atoms with Gasteiger partial charge in [-0.25, -0.2) is 12.8 Å². The average molecular weight is 380 g/mol. The second-order valence-electron chi connectivity index (χ2n) is 3.98. The predicted molar refractivity (Wildman–Crippen MR) is 77.9 cm³/mol. The molecule has 0 radical (unpaired) electrons. The van der Waals surface area contributed by atoms with Crippen LogP contribution in [0.3, 0.4) is 0 Å². The molecule has 0 atom stereocenters. The lowest BCUT2D eigenvalue weighted by molar-refractivity contribution is 0.305. The fourth-order valence-electron chi connectivity index (χ4n) is 1.56. The number of halogens is 3. The quantitative estimate of drug-likeness (QED) is 0.751. The van der Waals surface area contributed by atoms with Crippen molar-refractivity contribution in [3.8, 4) is 5.75 Å². The van der Waals surface area contributed by atoms with Crippen LogP contribution in [-0.2, 0) is 15.7 Å². The Balaban J connectivity index is 2.07. The number of hydrogen-bond acceptors (Lipinski definition) is 3. The second-order valence-corrected chi connectivity index (χ2v) is 7.46. The molecule has 2 aromatic carbocycles. The zero-order valence-corrected chi connectivity index (χ0v) is 13.2. The van der Waals surface area contributed by atoms with Crippen molar-refractivity contribution in [1.29, 1.82) is 0 Å². The highest BCUT2D eigenvalue weighted by Gasteiger charge is 2.09. The van der Waals surface area contributed by atoms with Crippen molar-refractivity contribution in [1.82, 2.24) is 0 Å². The van der Waals surface area contributed by atoms with Crippen LogP contribution < -0.4 is 4.74 Å². The molecule has 0 amide bonds. The molecule has 0 fully saturated rings. The SMILES string of the molecule is O=S(=O)(Cl)c1ccc(OCc2cc(F)cc(Br)c2)cc1. The summed E-state index contributed by atoms with van der Waals surface area (Å²) in [6.45, 7) is 0.170. The fraction of sp³-hybridized carbons (Fsp3) is 0.0769. The molecule has 0 aliphatic heterocycles. The van der Waals surface area contributed by atoms with Gasteiger partial charge in [0.1, 0.15) is 18.2 Å². The molecule has 0 saturated heterocycles. The summed E-state index contributed by atoms with van der Waals surface area (Å²) < 4.78 is 41.4. The lowest BCUT2D eigenvalue weighted by Gasteiger charge is -2.07. The standard InChI is InChI=1S/C13H9BrClFO3S/c14-10-5-9(6-11(16)7-10)8-19-12-1-3-13(4-2-12)20(15,17)18/h1-7H,8H2. The van der Waals surface area contributed by atoms with Crippen LogP contribution in [0.2, 0.25) is 0 Å². The first-order chi connectivity index (χ1) is 9.34. The maximum absolute atomic E-state index is 13.2. The predicted octanol–water partition coefficient (Wildman–Crippen LogP) is 4.09. The molecule has 0 heterocycles. The van der Waals surface area contributed by atoms with E-state index in [2.05, 4.69) is 15.9 Å². The number of ether oxygens (including phenoxy) is 1. The van der Waals surface area contributed by atoms with Crippen LogP contribution in [0.5, 0.6) is 5.75 Å². The summed E-state index contributed by atoms with van der Waals surface area (Å²) in [5.41, 5.74) is 0.658. The van der Waals surface area contributed by atoms with E-state index in [-0.39, 0.29) is 17.3 Å². The highest BCUT2D eigenvalue weighted by molar-refractivity contribution is 9.10. The lowest BCUT2D eigenvalue weighted by Crippen LogP contribution is -1.97. The molecular formula is C13H9BrClFO3S. The van der Waals surface area contributed by atoms with Crippen molar-refractivity contribution in [3.05, 3.63) is 58.3 Å². The summed E-state index contributed by atoms with van der Waals surface area (Å²) >= 11 is 3.19. The first-order valence-corrected chi connectivity index (χ1v) is 8.57. The molecule has 20 heavy (non-hydrogen) atoms. The Hall–Kier alpha value is -1.11. The first kappa shape index (κ1) is 15.3. The van der Waals surface area contributed by atoms with Gasteiger partial charge in [-0.2, -0.15) is 0 Å². The number of hydrogen-bond donors (Lipinski definition) is 0. The molecule has 0 spiro atoms. The van der Waals surface area contributed by atoms with E-state index in [1.807, 2.05) is 0 Å². The van der Waals surface area contributed by atoms with Crippen molar-refractivity contribution in [2.24, 2.45) is 0 Å². The molecule has 0 bridgehead atoms. The van der Waals surface area contributed by atoms with Crippen LogP contribution in [0.1, 0.15) is 5.56 Å². The Morgan fingerprint density at radius 2 is 1.80 bits per heavy atom. The van der Waals surface area contributed by atoms with Crippen molar-refractivity contribution in [3.63, 3.8) is 0 Å². The molecule has 3 nitrogen and oxygen atoms in total. The third-order valence-electron chi connectivity index (χ3n) is 2.43. The van der Waals surface area contributed by atoms with Gasteiger partial charge >= 0.3 is 0 Å². The van der Waals surface area contributed by atoms with Gasteiger partial charge in [-0.15, -0.1) is 0 Å². The van der Waals surface area contributed by atoms with Crippen LogP contribution in [0.25, 0.3) is 0 Å². The van der Waals surface area contributed by atoms with Gasteiger partial charge in [-0.3, -0.25) is 0 Å². The van der Waals surface area contributed by atoms with E-state index in [1.54, 1.807) is 6.07 Å². The van der Waals surface area contributed by atoms with Gasteiger partial charge in [-0.05, 0) is 48.0 Å². The Morgan fingerprint density at radius 1 is 1.15 bits per heavy atom. The third-order valence-corrected chi connectivity index (χ3v) is 4.26. The summed E-state index contributed by atoms with van der Waals surface area (Å²) in [5.74, 6) is 0.107. The third kappa shape index (κ3) is 4.19. The van der Waals surface area contributed by atoms with E-state index < -0.39 is 9.05 Å². The molecule has 0 saturated carbocycles. The second kappa shape index (κ2) is 6.11. The maximum Gasteiger partial charge on any atom is 0.261 e. The van der Waals surface area contributed by atoms with Crippen LogP contribution in [0.4, 0.5) is 4.39 Å². The Bertz CT molecular complexity index is 697. The van der Waals surface area contributed by atoms with Gasteiger partial charge in [0, 0.05) is 15.2 Å². The topological polar surface area (TPSA) is 43.4 Å². The zero-order chi connectivity index (χ0) is 14.8. The van der Waals surface area contributed by atoms with E-state index in [4.69, 9.17) is 15.4 Å². The molecule has 0 unspecified atom stereocenters. The summed E-state index contributed by atoms with van der Waals surface area (Å²) in [4.78, 5) is 0.0000154. The smallest absolute Gasteiger partial charge is 0.261 e. The van der Waals surface area contributed by atoms with Gasteiger partial charge < -0.3 is 4.74 Å². The summed E-state index contributed by atoms with van der Waals surface area (Å²) in [7, 11) is 1.47. The van der Waals surface area contributed by atoms with E-state index in [9.17, 15) is 12.8 Å². The Labute approximate surface area is 128 Å². The van der Waals surface area contributed by atoms with Crippen molar-refractivity contribution >= 4 is 35.7 Å². The minimum absolute atomic E-state index is 0.0000154. The highest BCUT2D eigenvalue weighted by Crippen LogP contribution is 2.21. The minimum atomic E-state index is -3.74. The molecule has 106 valence electrons. The first-order valence-electron chi connectivity index (χ1n) is 5.47. The van der Waals surface area contributed by atoms with Gasteiger partial charge in [-0.1, -0.05) is 15.9 Å². The van der Waals surface area contributed by atoms with Gasteiger partial charge in [0.15, 0.2) is 0 Å². The fourth-order valence-corrected chi connectivity index (χ4v) is 2.84. The van der Waals surface area contributed by atoms with E-state index in [1.165, 1.54) is 36.4 Å². The summed E-state index contributed by atoms with van der Waals surface area (Å²) in [5, 5.41) is 0. The van der Waals surface area contributed by atoms with E-state index in [0.29, 0.717) is 15.8 Å². The van der Waals surface area contributed by atoms with Gasteiger partial charge in [0.05, 0.1) is 4.90 Å². The number of benzene rings is 2. The van der Waals surface area contributed by atoms with Crippen molar-refractivity contribution in [2.45, 2.75) is 11.5 Å². The number of rotatable bonds is 4. The summed E-state index contributed by atoms with van der Waals surface area (Å²) in [6.07, 6.45) is 0. The van der Waals surface area contributed by atoms with E-state index >= 15 is 0 Å². The van der Waals surface area contributed by atoms with Crippen LogP contribution in [0, 0.1) is 5.82 Å². The van der Waals surface area contributed by atoms with Gasteiger partial charge in [0.2, 0.25) is 0 Å². The maximum atomic E-state index is 13.2. The Kier molecular flexibility index (Phi) is 4.67. The summed E-state index contributed by atoms with van der Waals surface area (Å²) in [6, 6.07) is 10.1. The lowest BCUT2D eigenvalue weighted by atomic mass is 10.2. The molecule has 0 aliphatic carbocycles. The molecular weight excluding hydrogens is 371 g/mol. The van der Waals surface area contributed by atoms with Crippen molar-refractivity contribution < 1.29 is 17.5 Å². The largest absolute Gasteiger partial charge is 0.489 e. The molecule has 7 heteroatoms. The Morgan fingerprint density at radius 3 is 2.35 bits per heavy atom. The molecule has 0 aliphatic rings. The van der Waals surface area contributed by atoms with Crippen LogP contribution in [0.15, 0.2) is 51.8 Å². The molecule has 0 aromatic heterocycles. The normalized spacial score (nSPS) is 11.3. The minimum Gasteiger partial charge on any atom is -0.489 e.